The molecule has 1 aromatic carbocycles. The number of furan rings is 1. The number of aryl methyl sites for hydroxylation is 2. The molecule has 0 fully saturated rings. The van der Waals surface area contributed by atoms with Gasteiger partial charge in [-0.3, -0.25) is 0 Å². The number of hydrogen-bond donors (Lipinski definition) is 1. The van der Waals surface area contributed by atoms with E-state index in [0.717, 1.165) is 22.5 Å². The molecule has 3 heteroatoms. The maximum Gasteiger partial charge on any atom is 0.128 e. The van der Waals surface area contributed by atoms with Gasteiger partial charge < -0.3 is 9.73 Å². The van der Waals surface area contributed by atoms with Crippen molar-refractivity contribution < 1.29 is 8.81 Å². The van der Waals surface area contributed by atoms with Gasteiger partial charge in [-0.1, -0.05) is 6.07 Å². The third kappa shape index (κ3) is 2.24. The summed E-state index contributed by atoms with van der Waals surface area (Å²) in [5, 5.41) is 3.21. The molecule has 0 aliphatic carbocycles. The van der Waals surface area contributed by atoms with Gasteiger partial charge in [0.1, 0.15) is 11.6 Å². The third-order valence-corrected chi connectivity index (χ3v) is 3.00. The van der Waals surface area contributed by atoms with Gasteiger partial charge in [0.05, 0.1) is 12.3 Å². The molecule has 0 aliphatic heterocycles. The molecule has 0 aliphatic rings. The van der Waals surface area contributed by atoms with Crippen molar-refractivity contribution in [3.05, 3.63) is 58.8 Å². The Labute approximate surface area is 100 Å². The zero-order chi connectivity index (χ0) is 12.4. The lowest BCUT2D eigenvalue weighted by atomic mass is 9.98. The van der Waals surface area contributed by atoms with Crippen LogP contribution in [0.1, 0.15) is 28.5 Å². The Morgan fingerprint density at radius 2 is 1.94 bits per heavy atom. The number of benzene rings is 1. The molecule has 1 aromatic heterocycles. The summed E-state index contributed by atoms with van der Waals surface area (Å²) in [5.74, 6) is 0.666. The van der Waals surface area contributed by atoms with Gasteiger partial charge in [-0.2, -0.15) is 0 Å². The van der Waals surface area contributed by atoms with E-state index >= 15 is 0 Å². The van der Waals surface area contributed by atoms with Crippen molar-refractivity contribution in [1.29, 1.82) is 0 Å². The van der Waals surface area contributed by atoms with Crippen molar-refractivity contribution in [2.45, 2.75) is 19.9 Å². The van der Waals surface area contributed by atoms with E-state index in [2.05, 4.69) is 5.32 Å². The Balaban J connectivity index is 2.46. The van der Waals surface area contributed by atoms with Gasteiger partial charge in [-0.15, -0.1) is 0 Å². The van der Waals surface area contributed by atoms with Gasteiger partial charge in [-0.25, -0.2) is 4.39 Å². The molecule has 2 aromatic rings. The van der Waals surface area contributed by atoms with Crippen LogP contribution in [0.2, 0.25) is 0 Å². The SMILES string of the molecule is CNC(c1ccc(F)cc1C)c1occc1C. The van der Waals surface area contributed by atoms with Gasteiger partial charge in [0.25, 0.3) is 0 Å². The number of hydrogen-bond acceptors (Lipinski definition) is 2. The van der Waals surface area contributed by atoms with Crippen LogP contribution in [0.15, 0.2) is 34.9 Å². The molecule has 0 amide bonds. The summed E-state index contributed by atoms with van der Waals surface area (Å²) in [6.45, 7) is 3.91. The Morgan fingerprint density at radius 1 is 1.18 bits per heavy atom. The van der Waals surface area contributed by atoms with Gasteiger partial charge >= 0.3 is 0 Å². The topological polar surface area (TPSA) is 25.2 Å². The molecule has 2 rings (SSSR count). The van der Waals surface area contributed by atoms with Crippen molar-refractivity contribution >= 4 is 0 Å². The van der Waals surface area contributed by atoms with Crippen LogP contribution in [0.3, 0.4) is 0 Å². The molecule has 17 heavy (non-hydrogen) atoms. The summed E-state index contributed by atoms with van der Waals surface area (Å²) >= 11 is 0. The Hall–Kier alpha value is -1.61. The van der Waals surface area contributed by atoms with E-state index in [1.807, 2.05) is 27.0 Å². The van der Waals surface area contributed by atoms with Crippen LogP contribution >= 0.6 is 0 Å². The zero-order valence-electron chi connectivity index (χ0n) is 10.3. The summed E-state index contributed by atoms with van der Waals surface area (Å²) in [5.41, 5.74) is 3.04. The zero-order valence-corrected chi connectivity index (χ0v) is 10.3. The Bertz CT molecular complexity index is 519. The van der Waals surface area contributed by atoms with Crippen molar-refractivity contribution in [3.63, 3.8) is 0 Å². The molecule has 1 heterocycles. The molecule has 1 N–H and O–H groups in total. The Morgan fingerprint density at radius 3 is 2.47 bits per heavy atom. The highest BCUT2D eigenvalue weighted by Gasteiger charge is 2.19. The molecule has 2 nitrogen and oxygen atoms in total. The second-order valence-electron chi connectivity index (χ2n) is 4.19. The van der Waals surface area contributed by atoms with Crippen LogP contribution in [-0.2, 0) is 0 Å². The summed E-state index contributed by atoms with van der Waals surface area (Å²) in [4.78, 5) is 0. The van der Waals surface area contributed by atoms with Crippen LogP contribution < -0.4 is 5.32 Å². The highest BCUT2D eigenvalue weighted by Crippen LogP contribution is 2.27. The highest BCUT2D eigenvalue weighted by atomic mass is 19.1. The smallest absolute Gasteiger partial charge is 0.128 e. The predicted molar refractivity (Wildman–Crippen MR) is 65.5 cm³/mol. The summed E-state index contributed by atoms with van der Waals surface area (Å²) in [7, 11) is 1.87. The van der Waals surface area contributed by atoms with E-state index in [4.69, 9.17) is 4.42 Å². The fourth-order valence-corrected chi connectivity index (χ4v) is 2.07. The first-order valence-corrected chi connectivity index (χ1v) is 5.60. The lowest BCUT2D eigenvalue weighted by molar-refractivity contribution is 0.459. The van der Waals surface area contributed by atoms with Gasteiger partial charge in [0.2, 0.25) is 0 Å². The first kappa shape index (κ1) is 11.9. The Kier molecular flexibility index (Phi) is 3.29. The van der Waals surface area contributed by atoms with Gasteiger partial charge in [-0.05, 0) is 55.8 Å². The quantitative estimate of drug-likeness (QED) is 0.879. The monoisotopic (exact) mass is 233 g/mol. The molecule has 0 bridgehead atoms. The van der Waals surface area contributed by atoms with Crippen LogP contribution in [0, 0.1) is 19.7 Å². The summed E-state index contributed by atoms with van der Waals surface area (Å²) in [6.07, 6.45) is 1.67. The van der Waals surface area contributed by atoms with E-state index in [1.165, 1.54) is 12.1 Å². The third-order valence-electron chi connectivity index (χ3n) is 3.00. The lowest BCUT2D eigenvalue weighted by Gasteiger charge is -2.17. The number of nitrogens with one attached hydrogen (secondary N) is 1. The van der Waals surface area contributed by atoms with E-state index < -0.39 is 0 Å². The van der Waals surface area contributed by atoms with Gasteiger partial charge in [0, 0.05) is 0 Å². The normalized spacial score (nSPS) is 12.7. The molecule has 0 spiro atoms. The highest BCUT2D eigenvalue weighted by molar-refractivity contribution is 5.36. The van der Waals surface area contributed by atoms with Crippen LogP contribution in [-0.4, -0.2) is 7.05 Å². The standard InChI is InChI=1S/C14H16FNO/c1-9-6-7-17-14(9)13(16-3)12-5-4-11(15)8-10(12)2/h4-8,13,16H,1-3H3. The molecule has 90 valence electrons. The fraction of sp³-hybridized carbons (Fsp3) is 0.286. The maximum absolute atomic E-state index is 13.1. The molecular weight excluding hydrogens is 217 g/mol. The summed E-state index contributed by atoms with van der Waals surface area (Å²) in [6, 6.07) is 6.71. The number of rotatable bonds is 3. The van der Waals surface area contributed by atoms with E-state index in [1.54, 1.807) is 12.3 Å². The van der Waals surface area contributed by atoms with Crippen molar-refractivity contribution in [3.8, 4) is 0 Å². The largest absolute Gasteiger partial charge is 0.467 e. The van der Waals surface area contributed by atoms with Gasteiger partial charge in [0.15, 0.2) is 0 Å². The second-order valence-corrected chi connectivity index (χ2v) is 4.19. The fourth-order valence-electron chi connectivity index (χ4n) is 2.07. The van der Waals surface area contributed by atoms with Crippen molar-refractivity contribution in [1.82, 2.24) is 5.32 Å². The lowest BCUT2D eigenvalue weighted by Crippen LogP contribution is -2.19. The van der Waals surface area contributed by atoms with Crippen molar-refractivity contribution in [2.75, 3.05) is 7.05 Å². The van der Waals surface area contributed by atoms with Crippen molar-refractivity contribution in [2.24, 2.45) is 0 Å². The molecule has 1 unspecified atom stereocenters. The van der Waals surface area contributed by atoms with Crippen LogP contribution in [0.5, 0.6) is 0 Å². The average molecular weight is 233 g/mol. The second kappa shape index (κ2) is 4.72. The minimum atomic E-state index is -0.211. The average Bonchev–Trinajstić information content (AvgIpc) is 2.69. The molecule has 0 saturated carbocycles. The first-order valence-electron chi connectivity index (χ1n) is 5.60. The van der Waals surface area contributed by atoms with E-state index in [9.17, 15) is 4.39 Å². The minimum absolute atomic E-state index is 0.0365. The van der Waals surface area contributed by atoms with Crippen LogP contribution in [0.25, 0.3) is 0 Å². The van der Waals surface area contributed by atoms with Crippen LogP contribution in [0.4, 0.5) is 4.39 Å². The molecular formula is C14H16FNO. The number of halogens is 1. The molecule has 0 saturated heterocycles. The van der Waals surface area contributed by atoms with E-state index in [0.29, 0.717) is 0 Å². The molecule has 1 atom stereocenters. The predicted octanol–water partition coefficient (Wildman–Crippen LogP) is 3.34. The van der Waals surface area contributed by atoms with E-state index in [-0.39, 0.29) is 11.9 Å². The summed E-state index contributed by atoms with van der Waals surface area (Å²) < 4.78 is 18.6. The molecule has 0 radical (unpaired) electrons. The minimum Gasteiger partial charge on any atom is -0.467 e. The maximum atomic E-state index is 13.1. The first-order chi connectivity index (χ1) is 8.13.